The summed E-state index contributed by atoms with van der Waals surface area (Å²) in [6.07, 6.45) is 1.71. The smallest absolute Gasteiger partial charge is 0.387 e. The summed E-state index contributed by atoms with van der Waals surface area (Å²) in [6.45, 7) is 3.90. The van der Waals surface area contributed by atoms with E-state index in [1.54, 1.807) is 31.4 Å². The molecule has 0 aliphatic rings. The minimum absolute atomic E-state index is 0. The Kier molecular flexibility index (Phi) is 8.94. The van der Waals surface area contributed by atoms with Crippen LogP contribution in [0.1, 0.15) is 38.0 Å². The summed E-state index contributed by atoms with van der Waals surface area (Å²) in [7, 11) is 1.62. The molecule has 0 amide bonds. The Morgan fingerprint density at radius 3 is 2.48 bits per heavy atom. The molecule has 6 nitrogen and oxygen atoms in total. The van der Waals surface area contributed by atoms with Gasteiger partial charge in [-0.1, -0.05) is 39.0 Å². The van der Waals surface area contributed by atoms with Gasteiger partial charge in [-0.15, -0.1) is 24.0 Å². The number of aliphatic imine (C=N–C) groups is 1. The summed E-state index contributed by atoms with van der Waals surface area (Å²) < 4.78 is 35.2. The van der Waals surface area contributed by atoms with Gasteiger partial charge < -0.3 is 19.8 Å². The first-order valence-electron chi connectivity index (χ1n) is 8.22. The van der Waals surface area contributed by atoms with Gasteiger partial charge in [0.1, 0.15) is 11.5 Å². The van der Waals surface area contributed by atoms with Crippen LogP contribution in [0.15, 0.2) is 39.9 Å². The van der Waals surface area contributed by atoms with E-state index in [1.165, 1.54) is 6.07 Å². The molecule has 0 atom stereocenters. The first kappa shape index (κ1) is 23.1. The van der Waals surface area contributed by atoms with Crippen LogP contribution in [0.4, 0.5) is 8.78 Å². The number of nitrogens with one attached hydrogen (secondary N) is 2. The van der Waals surface area contributed by atoms with Crippen molar-refractivity contribution < 1.29 is 17.9 Å². The van der Waals surface area contributed by atoms with Gasteiger partial charge in [-0.3, -0.25) is 4.99 Å². The lowest BCUT2D eigenvalue weighted by molar-refractivity contribution is -0.0504. The average Bonchev–Trinajstić information content (AvgIpc) is 3.05. The maximum absolute atomic E-state index is 12.5. The van der Waals surface area contributed by atoms with Crippen LogP contribution in [0.3, 0.4) is 0 Å². The van der Waals surface area contributed by atoms with E-state index in [2.05, 4.69) is 25.3 Å². The lowest BCUT2D eigenvalue weighted by Crippen LogP contribution is -2.36. The second-order valence-corrected chi connectivity index (χ2v) is 6.63. The fourth-order valence-electron chi connectivity index (χ4n) is 2.16. The Hall–Kier alpha value is -1.91. The summed E-state index contributed by atoms with van der Waals surface area (Å²) in [5.41, 5.74) is 0.487. The number of rotatable bonds is 6. The Morgan fingerprint density at radius 1 is 1.22 bits per heavy atom. The number of hydrogen-bond acceptors (Lipinski definition) is 4. The first-order valence-corrected chi connectivity index (χ1v) is 8.22. The van der Waals surface area contributed by atoms with E-state index >= 15 is 0 Å². The van der Waals surface area contributed by atoms with Gasteiger partial charge in [-0.2, -0.15) is 8.78 Å². The van der Waals surface area contributed by atoms with Crippen molar-refractivity contribution in [3.05, 3.63) is 47.7 Å². The van der Waals surface area contributed by atoms with Gasteiger partial charge in [0.05, 0.1) is 12.7 Å². The van der Waals surface area contributed by atoms with E-state index in [0.29, 0.717) is 24.0 Å². The van der Waals surface area contributed by atoms with Crippen LogP contribution < -0.4 is 15.4 Å². The molecule has 0 aliphatic carbocycles. The molecule has 1 heterocycles. The first-order chi connectivity index (χ1) is 12.3. The van der Waals surface area contributed by atoms with Crippen LogP contribution in [0.2, 0.25) is 0 Å². The van der Waals surface area contributed by atoms with Gasteiger partial charge in [-0.05, 0) is 6.07 Å². The summed E-state index contributed by atoms with van der Waals surface area (Å²) in [4.78, 5) is 8.34. The van der Waals surface area contributed by atoms with Gasteiger partial charge in [-0.25, -0.2) is 4.98 Å². The molecular formula is C18H25F2IN4O2. The Labute approximate surface area is 174 Å². The highest BCUT2D eigenvalue weighted by molar-refractivity contribution is 14.0. The van der Waals surface area contributed by atoms with Crippen LogP contribution >= 0.6 is 24.0 Å². The molecule has 1 aromatic heterocycles. The number of aromatic nitrogens is 1. The van der Waals surface area contributed by atoms with Crippen LogP contribution in [-0.4, -0.2) is 24.6 Å². The van der Waals surface area contributed by atoms with Crippen molar-refractivity contribution in [2.24, 2.45) is 4.99 Å². The Balaban J connectivity index is 0.00000364. The normalized spacial score (nSPS) is 11.9. The molecule has 0 unspecified atom stereocenters. The van der Waals surface area contributed by atoms with Crippen molar-refractivity contribution in [3.63, 3.8) is 0 Å². The zero-order chi connectivity index (χ0) is 19.2. The fraction of sp³-hybridized carbons (Fsp3) is 0.444. The van der Waals surface area contributed by atoms with Crippen molar-refractivity contribution >= 4 is 29.9 Å². The van der Waals surface area contributed by atoms with Gasteiger partial charge in [0.15, 0.2) is 5.96 Å². The molecule has 2 rings (SSSR count). The highest BCUT2D eigenvalue weighted by atomic mass is 127. The van der Waals surface area contributed by atoms with Crippen LogP contribution in [-0.2, 0) is 18.5 Å². The van der Waals surface area contributed by atoms with Gasteiger partial charge >= 0.3 is 6.61 Å². The third kappa shape index (κ3) is 7.31. The molecule has 1 aromatic carbocycles. The maximum atomic E-state index is 12.5. The van der Waals surface area contributed by atoms with E-state index in [1.807, 2.05) is 20.8 Å². The number of halogens is 3. The topological polar surface area (TPSA) is 71.7 Å². The van der Waals surface area contributed by atoms with E-state index in [4.69, 9.17) is 4.42 Å². The number of oxazole rings is 1. The number of nitrogens with zero attached hydrogens (tertiary/aromatic N) is 2. The number of hydrogen-bond donors (Lipinski definition) is 2. The molecule has 0 bridgehead atoms. The third-order valence-electron chi connectivity index (χ3n) is 3.56. The van der Waals surface area contributed by atoms with Crippen molar-refractivity contribution in [1.82, 2.24) is 15.6 Å². The molecule has 2 aromatic rings. The molecule has 9 heteroatoms. The van der Waals surface area contributed by atoms with E-state index in [0.717, 1.165) is 5.76 Å². The number of alkyl halides is 2. The molecule has 0 aliphatic heterocycles. The maximum Gasteiger partial charge on any atom is 0.387 e. The molecule has 0 saturated heterocycles. The van der Waals surface area contributed by atoms with E-state index < -0.39 is 6.61 Å². The summed E-state index contributed by atoms with van der Waals surface area (Å²) in [5, 5.41) is 6.13. The second kappa shape index (κ2) is 10.4. The van der Waals surface area contributed by atoms with Crippen LogP contribution in [0.25, 0.3) is 0 Å². The van der Waals surface area contributed by atoms with Crippen LogP contribution in [0, 0.1) is 0 Å². The molecule has 2 N–H and O–H groups in total. The molecule has 0 fully saturated rings. The minimum atomic E-state index is -2.87. The largest absolute Gasteiger partial charge is 0.443 e. The molecule has 27 heavy (non-hydrogen) atoms. The van der Waals surface area contributed by atoms with Gasteiger partial charge in [0, 0.05) is 24.6 Å². The van der Waals surface area contributed by atoms with E-state index in [9.17, 15) is 8.78 Å². The second-order valence-electron chi connectivity index (χ2n) is 6.63. The zero-order valence-electron chi connectivity index (χ0n) is 15.8. The average molecular weight is 494 g/mol. The molecule has 150 valence electrons. The fourth-order valence-corrected chi connectivity index (χ4v) is 2.16. The highest BCUT2D eigenvalue weighted by Crippen LogP contribution is 2.22. The number of para-hydroxylation sites is 1. The SMILES string of the molecule is CN=C(NCc1ncc(C(C)(C)C)o1)NCc1ccccc1OC(F)F.I. The predicted octanol–water partition coefficient (Wildman–Crippen LogP) is 4.06. The Bertz CT molecular complexity index is 745. The standard InChI is InChI=1S/C18H24F2N4O2.HI/c1-18(2,3)14-10-22-15(26-14)11-24-17(21-4)23-9-12-7-5-6-8-13(12)25-16(19)20;/h5-8,10,16H,9,11H2,1-4H3,(H2,21,23,24);1H. The number of ether oxygens (including phenoxy) is 1. The zero-order valence-corrected chi connectivity index (χ0v) is 18.1. The quantitative estimate of drug-likeness (QED) is 0.360. The number of guanidine groups is 1. The van der Waals surface area contributed by atoms with Crippen molar-refractivity contribution in [2.45, 2.75) is 45.9 Å². The third-order valence-corrected chi connectivity index (χ3v) is 3.56. The molecular weight excluding hydrogens is 469 g/mol. The monoisotopic (exact) mass is 494 g/mol. The summed E-state index contributed by atoms with van der Waals surface area (Å²) in [6, 6.07) is 6.61. The lowest BCUT2D eigenvalue weighted by atomic mass is 9.94. The molecule has 0 radical (unpaired) electrons. The van der Waals surface area contributed by atoms with Crippen molar-refractivity contribution in [3.8, 4) is 5.75 Å². The van der Waals surface area contributed by atoms with Gasteiger partial charge in [0.2, 0.25) is 5.89 Å². The lowest BCUT2D eigenvalue weighted by Gasteiger charge is -2.14. The van der Waals surface area contributed by atoms with Crippen molar-refractivity contribution in [2.75, 3.05) is 7.05 Å². The Morgan fingerprint density at radius 2 is 1.89 bits per heavy atom. The summed E-state index contributed by atoms with van der Waals surface area (Å²) >= 11 is 0. The van der Waals surface area contributed by atoms with Gasteiger partial charge in [0.25, 0.3) is 0 Å². The predicted molar refractivity (Wildman–Crippen MR) is 111 cm³/mol. The highest BCUT2D eigenvalue weighted by Gasteiger charge is 2.19. The number of benzene rings is 1. The summed E-state index contributed by atoms with van der Waals surface area (Å²) in [5.74, 6) is 1.97. The van der Waals surface area contributed by atoms with E-state index in [-0.39, 0.29) is 41.7 Å². The molecule has 0 saturated carbocycles. The minimum Gasteiger partial charge on any atom is -0.443 e. The van der Waals surface area contributed by atoms with Crippen molar-refractivity contribution in [1.29, 1.82) is 0 Å². The molecule has 0 spiro atoms. The van der Waals surface area contributed by atoms with Crippen LogP contribution in [0.5, 0.6) is 5.75 Å².